The average molecular weight is 552 g/mol. The van der Waals surface area contributed by atoms with Crippen LogP contribution in [0.25, 0.3) is 67.1 Å². The van der Waals surface area contributed by atoms with Crippen LogP contribution in [0.15, 0.2) is 140 Å². The Morgan fingerprint density at radius 3 is 1.84 bits per heavy atom. The van der Waals surface area contributed by atoms with Crippen LogP contribution in [-0.2, 0) is 5.41 Å². The third-order valence-electron chi connectivity index (χ3n) is 8.74. The number of benzene rings is 5. The molecule has 0 saturated carbocycles. The fraction of sp³-hybridized carbons (Fsp3) is 0.0750. The molecule has 1 aliphatic rings. The van der Waals surface area contributed by atoms with Crippen LogP contribution >= 0.6 is 0 Å². The van der Waals surface area contributed by atoms with Crippen molar-refractivity contribution < 1.29 is 0 Å². The van der Waals surface area contributed by atoms with Crippen LogP contribution in [0.2, 0.25) is 0 Å². The molecule has 0 bridgehead atoms. The second kappa shape index (κ2) is 9.85. The number of rotatable bonds is 4. The molecule has 0 spiro atoms. The van der Waals surface area contributed by atoms with Gasteiger partial charge < -0.3 is 0 Å². The zero-order valence-corrected chi connectivity index (χ0v) is 24.1. The first-order valence-electron chi connectivity index (χ1n) is 14.7. The molecule has 7 aromatic rings. The standard InChI is InChI=1S/C40H29N3/c1-40(2)33-20-12-19-31(38(33)32-23-27-15-6-7-16-28(27)24-34(32)40)37-25-36(42-39(43-37)26-13-4-3-5-14-26)30-18-9-8-17-29(30)35-21-10-11-22-41-35/h3-25H,1-2H3. The molecule has 3 heteroatoms. The molecule has 204 valence electrons. The number of hydrogen-bond acceptors (Lipinski definition) is 3. The topological polar surface area (TPSA) is 38.7 Å². The molecule has 0 saturated heterocycles. The fourth-order valence-corrected chi connectivity index (χ4v) is 6.58. The maximum absolute atomic E-state index is 5.24. The molecule has 0 fully saturated rings. The van der Waals surface area contributed by atoms with Gasteiger partial charge in [-0.1, -0.05) is 117 Å². The second-order valence-corrected chi connectivity index (χ2v) is 11.7. The molecule has 3 nitrogen and oxygen atoms in total. The molecule has 43 heavy (non-hydrogen) atoms. The number of nitrogens with zero attached hydrogens (tertiary/aromatic N) is 3. The van der Waals surface area contributed by atoms with Gasteiger partial charge in [-0.15, -0.1) is 0 Å². The average Bonchev–Trinajstić information content (AvgIpc) is 3.30. The van der Waals surface area contributed by atoms with Gasteiger partial charge in [-0.3, -0.25) is 4.98 Å². The lowest BCUT2D eigenvalue weighted by Gasteiger charge is -2.22. The number of aromatic nitrogens is 3. The molecule has 2 aromatic heterocycles. The van der Waals surface area contributed by atoms with Gasteiger partial charge in [0.1, 0.15) is 0 Å². The minimum Gasteiger partial charge on any atom is -0.256 e. The van der Waals surface area contributed by atoms with Gasteiger partial charge in [-0.2, -0.15) is 0 Å². The first kappa shape index (κ1) is 25.3. The molecule has 1 aliphatic carbocycles. The van der Waals surface area contributed by atoms with E-state index in [2.05, 4.69) is 116 Å². The highest BCUT2D eigenvalue weighted by Crippen LogP contribution is 2.53. The summed E-state index contributed by atoms with van der Waals surface area (Å²) in [5.74, 6) is 0.706. The highest BCUT2D eigenvalue weighted by Gasteiger charge is 2.37. The summed E-state index contributed by atoms with van der Waals surface area (Å²) in [6, 6.07) is 46.8. The van der Waals surface area contributed by atoms with Gasteiger partial charge in [-0.25, -0.2) is 9.97 Å². The molecule has 0 radical (unpaired) electrons. The summed E-state index contributed by atoms with van der Waals surface area (Å²) >= 11 is 0. The van der Waals surface area contributed by atoms with E-state index in [1.807, 2.05) is 42.6 Å². The molecule has 0 amide bonds. The van der Waals surface area contributed by atoms with Crippen molar-refractivity contribution in [2.45, 2.75) is 19.3 Å². The van der Waals surface area contributed by atoms with E-state index in [-0.39, 0.29) is 5.41 Å². The molecule has 5 aromatic carbocycles. The Morgan fingerprint density at radius 1 is 0.465 bits per heavy atom. The highest BCUT2D eigenvalue weighted by atomic mass is 14.9. The molecule has 0 N–H and O–H groups in total. The second-order valence-electron chi connectivity index (χ2n) is 11.7. The van der Waals surface area contributed by atoms with Gasteiger partial charge in [0.05, 0.1) is 17.1 Å². The van der Waals surface area contributed by atoms with Crippen molar-refractivity contribution in [3.63, 3.8) is 0 Å². The van der Waals surface area contributed by atoms with Crippen molar-refractivity contribution >= 4 is 10.8 Å². The summed E-state index contributed by atoms with van der Waals surface area (Å²) in [7, 11) is 0. The van der Waals surface area contributed by atoms with E-state index in [1.54, 1.807) is 0 Å². The Kier molecular flexibility index (Phi) is 5.80. The summed E-state index contributed by atoms with van der Waals surface area (Å²) in [5.41, 5.74) is 12.0. The lowest BCUT2D eigenvalue weighted by Crippen LogP contribution is -2.14. The number of pyridine rings is 1. The zero-order chi connectivity index (χ0) is 29.0. The quantitative estimate of drug-likeness (QED) is 0.218. The Hall–Kier alpha value is -5.41. The maximum atomic E-state index is 5.24. The predicted molar refractivity (Wildman–Crippen MR) is 177 cm³/mol. The van der Waals surface area contributed by atoms with Crippen LogP contribution in [0.1, 0.15) is 25.0 Å². The van der Waals surface area contributed by atoms with Crippen molar-refractivity contribution in [2.75, 3.05) is 0 Å². The molecule has 0 aliphatic heterocycles. The highest BCUT2D eigenvalue weighted by molar-refractivity contribution is 5.98. The molecule has 0 unspecified atom stereocenters. The third-order valence-corrected chi connectivity index (χ3v) is 8.74. The van der Waals surface area contributed by atoms with Crippen LogP contribution in [0.5, 0.6) is 0 Å². The molecular weight excluding hydrogens is 522 g/mol. The minimum atomic E-state index is -0.131. The Balaban J connectivity index is 1.40. The van der Waals surface area contributed by atoms with Crippen molar-refractivity contribution in [1.29, 1.82) is 0 Å². The summed E-state index contributed by atoms with van der Waals surface area (Å²) in [6.07, 6.45) is 1.84. The molecule has 0 atom stereocenters. The monoisotopic (exact) mass is 551 g/mol. The van der Waals surface area contributed by atoms with Crippen molar-refractivity contribution in [3.8, 4) is 56.3 Å². The van der Waals surface area contributed by atoms with E-state index < -0.39 is 0 Å². The first-order chi connectivity index (χ1) is 21.1. The fourth-order valence-electron chi connectivity index (χ4n) is 6.58. The van der Waals surface area contributed by atoms with Crippen LogP contribution in [0.4, 0.5) is 0 Å². The normalized spacial score (nSPS) is 13.1. The Bertz CT molecular complexity index is 2150. The summed E-state index contributed by atoms with van der Waals surface area (Å²) in [4.78, 5) is 15.1. The Morgan fingerprint density at radius 2 is 1.09 bits per heavy atom. The van der Waals surface area contributed by atoms with Crippen molar-refractivity contribution in [2.24, 2.45) is 0 Å². The van der Waals surface area contributed by atoms with Crippen LogP contribution in [0, 0.1) is 0 Å². The van der Waals surface area contributed by atoms with E-state index in [1.165, 1.54) is 33.0 Å². The van der Waals surface area contributed by atoms with E-state index in [0.29, 0.717) is 5.82 Å². The van der Waals surface area contributed by atoms with Gasteiger partial charge in [0, 0.05) is 33.9 Å². The van der Waals surface area contributed by atoms with Gasteiger partial charge in [0.2, 0.25) is 0 Å². The summed E-state index contributed by atoms with van der Waals surface area (Å²) in [5, 5.41) is 2.52. The smallest absolute Gasteiger partial charge is 0.160 e. The molecular formula is C40H29N3. The van der Waals surface area contributed by atoms with Gasteiger partial charge in [-0.05, 0) is 63.4 Å². The lowest BCUT2D eigenvalue weighted by atomic mass is 9.81. The van der Waals surface area contributed by atoms with Gasteiger partial charge >= 0.3 is 0 Å². The SMILES string of the molecule is CC1(C)c2cc3ccccc3cc2-c2c(-c3cc(-c4ccccc4-c4ccccn4)nc(-c4ccccc4)n3)cccc21. The van der Waals surface area contributed by atoms with Crippen LogP contribution in [0.3, 0.4) is 0 Å². The van der Waals surface area contributed by atoms with Gasteiger partial charge in [0.25, 0.3) is 0 Å². The van der Waals surface area contributed by atoms with E-state index in [9.17, 15) is 0 Å². The predicted octanol–water partition coefficient (Wildman–Crippen LogP) is 10.00. The maximum Gasteiger partial charge on any atom is 0.160 e. The Labute approximate surface area is 251 Å². The van der Waals surface area contributed by atoms with E-state index >= 15 is 0 Å². The third kappa shape index (κ3) is 4.16. The summed E-state index contributed by atoms with van der Waals surface area (Å²) in [6.45, 7) is 4.67. The van der Waals surface area contributed by atoms with E-state index in [4.69, 9.17) is 9.97 Å². The largest absolute Gasteiger partial charge is 0.256 e. The first-order valence-corrected chi connectivity index (χ1v) is 14.7. The number of hydrogen-bond donors (Lipinski definition) is 0. The van der Waals surface area contributed by atoms with Crippen molar-refractivity contribution in [1.82, 2.24) is 15.0 Å². The van der Waals surface area contributed by atoms with Crippen LogP contribution in [-0.4, -0.2) is 15.0 Å². The minimum absolute atomic E-state index is 0.131. The van der Waals surface area contributed by atoms with Crippen molar-refractivity contribution in [3.05, 3.63) is 151 Å². The molecule has 8 rings (SSSR count). The lowest BCUT2D eigenvalue weighted by molar-refractivity contribution is 0.661. The molecule has 2 heterocycles. The summed E-state index contributed by atoms with van der Waals surface area (Å²) < 4.78 is 0. The van der Waals surface area contributed by atoms with Crippen LogP contribution < -0.4 is 0 Å². The zero-order valence-electron chi connectivity index (χ0n) is 24.1. The van der Waals surface area contributed by atoms with E-state index in [0.717, 1.165) is 39.3 Å². The van der Waals surface area contributed by atoms with Gasteiger partial charge in [0.15, 0.2) is 5.82 Å². The number of fused-ring (bicyclic) bond motifs is 4.